The van der Waals surface area contributed by atoms with E-state index >= 15 is 0 Å². The Morgan fingerprint density at radius 1 is 1.50 bits per heavy atom. The molecule has 0 unspecified atom stereocenters. The van der Waals surface area contributed by atoms with Crippen molar-refractivity contribution >= 4 is 24.4 Å². The number of nitrogens with zero attached hydrogens (tertiary/aromatic N) is 1. The van der Waals surface area contributed by atoms with Crippen LogP contribution in [0.4, 0.5) is 0 Å². The molecule has 0 spiro atoms. The van der Waals surface area contributed by atoms with Crippen LogP contribution in [0.5, 0.6) is 0 Å². The van der Waals surface area contributed by atoms with Crippen LogP contribution >= 0.6 is 24.4 Å². The van der Waals surface area contributed by atoms with E-state index in [1.165, 1.54) is 11.8 Å². The van der Waals surface area contributed by atoms with Gasteiger partial charge in [0.2, 0.25) is 0 Å². The average Bonchev–Trinajstić information content (AvgIpc) is 2.15. The van der Waals surface area contributed by atoms with E-state index in [1.54, 1.807) is 0 Å². The number of rotatable bonds is 4. The Morgan fingerprint density at radius 3 is 2.71 bits per heavy atom. The Balaban J connectivity index is 2.45. The molecule has 0 aliphatic rings. The van der Waals surface area contributed by atoms with Crippen molar-refractivity contribution in [3.63, 3.8) is 0 Å². The highest BCUT2D eigenvalue weighted by molar-refractivity contribution is 8.15. The Morgan fingerprint density at radius 2 is 2.14 bits per heavy atom. The van der Waals surface area contributed by atoms with E-state index in [2.05, 4.69) is 12.6 Å². The second-order valence-electron chi connectivity index (χ2n) is 2.53. The minimum atomic E-state index is -0.500. The fraction of sp³-hybridized carbons (Fsp3) is 0.111. The van der Waals surface area contributed by atoms with Crippen molar-refractivity contribution < 1.29 is 4.92 Å². The van der Waals surface area contributed by atoms with Crippen molar-refractivity contribution in [2.75, 3.05) is 0 Å². The second kappa shape index (κ2) is 5.72. The van der Waals surface area contributed by atoms with Gasteiger partial charge in [-0.3, -0.25) is 10.1 Å². The molecule has 0 radical (unpaired) electrons. The third-order valence-electron chi connectivity index (χ3n) is 1.45. The van der Waals surface area contributed by atoms with Gasteiger partial charge in [0.1, 0.15) is 4.24 Å². The maximum Gasteiger partial charge on any atom is 0.254 e. The van der Waals surface area contributed by atoms with Crippen molar-refractivity contribution in [2.24, 2.45) is 0 Å². The number of nitro groups is 1. The minimum Gasteiger partial charge on any atom is -0.259 e. The van der Waals surface area contributed by atoms with E-state index in [0.717, 1.165) is 11.8 Å². The van der Waals surface area contributed by atoms with Crippen molar-refractivity contribution in [1.82, 2.24) is 0 Å². The summed E-state index contributed by atoms with van der Waals surface area (Å²) >= 11 is 5.32. The number of thioether (sulfide) groups is 1. The van der Waals surface area contributed by atoms with Crippen LogP contribution in [0.2, 0.25) is 0 Å². The van der Waals surface area contributed by atoms with E-state index in [-0.39, 0.29) is 0 Å². The molecule has 0 atom stereocenters. The smallest absolute Gasteiger partial charge is 0.254 e. The van der Waals surface area contributed by atoms with Gasteiger partial charge >= 0.3 is 0 Å². The van der Waals surface area contributed by atoms with Crippen LogP contribution in [0.15, 0.2) is 40.8 Å². The molecule has 14 heavy (non-hydrogen) atoms. The molecule has 0 aliphatic carbocycles. The maximum absolute atomic E-state index is 10.1. The summed E-state index contributed by atoms with van der Waals surface area (Å²) in [7, 11) is 0. The molecular weight excluding hydrogens is 218 g/mol. The molecule has 1 aromatic rings. The van der Waals surface area contributed by atoms with E-state index in [9.17, 15) is 10.1 Å². The van der Waals surface area contributed by atoms with Gasteiger partial charge in [-0.05, 0) is 5.56 Å². The lowest BCUT2D eigenvalue weighted by Gasteiger charge is -1.98. The van der Waals surface area contributed by atoms with Crippen LogP contribution in [0.25, 0.3) is 0 Å². The third kappa shape index (κ3) is 4.34. The molecule has 1 rings (SSSR count). The number of hydrogen-bond donors (Lipinski definition) is 1. The van der Waals surface area contributed by atoms with Crippen LogP contribution in [-0.2, 0) is 5.75 Å². The summed E-state index contributed by atoms with van der Waals surface area (Å²) < 4.78 is 0.416. The molecule has 1 aromatic carbocycles. The SMILES string of the molecule is O=[N+]([O-])C=C(S)SCc1ccccc1. The molecule has 0 heterocycles. The van der Waals surface area contributed by atoms with Crippen molar-refractivity contribution in [3.05, 3.63) is 56.4 Å². The molecule has 0 N–H and O–H groups in total. The Labute approximate surface area is 91.8 Å². The van der Waals surface area contributed by atoms with Gasteiger partial charge in [0.05, 0.1) is 4.92 Å². The molecule has 74 valence electrons. The molecule has 0 aromatic heterocycles. The molecule has 5 heteroatoms. The van der Waals surface area contributed by atoms with Gasteiger partial charge in [-0.1, -0.05) is 30.3 Å². The summed E-state index contributed by atoms with van der Waals surface area (Å²) in [4.78, 5) is 9.59. The molecule has 0 fully saturated rings. The molecule has 0 saturated carbocycles. The van der Waals surface area contributed by atoms with Gasteiger partial charge in [-0.15, -0.1) is 24.4 Å². The van der Waals surface area contributed by atoms with E-state index < -0.39 is 4.92 Å². The van der Waals surface area contributed by atoms with Crippen LogP contribution in [-0.4, -0.2) is 4.92 Å². The predicted molar refractivity (Wildman–Crippen MR) is 61.8 cm³/mol. The van der Waals surface area contributed by atoms with E-state index in [0.29, 0.717) is 9.99 Å². The zero-order valence-electron chi connectivity index (χ0n) is 7.29. The topological polar surface area (TPSA) is 43.1 Å². The van der Waals surface area contributed by atoms with Crippen molar-refractivity contribution in [3.8, 4) is 0 Å². The fourth-order valence-corrected chi connectivity index (χ4v) is 1.81. The van der Waals surface area contributed by atoms with Crippen LogP contribution in [0, 0.1) is 10.1 Å². The van der Waals surface area contributed by atoms with Gasteiger partial charge < -0.3 is 0 Å². The van der Waals surface area contributed by atoms with Crippen LogP contribution in [0.1, 0.15) is 5.56 Å². The summed E-state index contributed by atoms with van der Waals surface area (Å²) in [6.45, 7) is 0. The minimum absolute atomic E-state index is 0.416. The second-order valence-corrected chi connectivity index (χ2v) is 4.33. The maximum atomic E-state index is 10.1. The van der Waals surface area contributed by atoms with E-state index in [1.807, 2.05) is 30.3 Å². The Hall–Kier alpha value is -0.940. The van der Waals surface area contributed by atoms with Crippen LogP contribution < -0.4 is 0 Å². The Bertz CT molecular complexity index is 338. The molecule has 0 amide bonds. The highest BCUT2D eigenvalue weighted by atomic mass is 32.2. The lowest BCUT2D eigenvalue weighted by Crippen LogP contribution is -1.84. The monoisotopic (exact) mass is 227 g/mol. The lowest BCUT2D eigenvalue weighted by atomic mass is 10.2. The van der Waals surface area contributed by atoms with Gasteiger partial charge in [0.25, 0.3) is 6.20 Å². The van der Waals surface area contributed by atoms with Gasteiger partial charge in [-0.2, -0.15) is 0 Å². The average molecular weight is 227 g/mol. The van der Waals surface area contributed by atoms with Crippen molar-refractivity contribution in [1.29, 1.82) is 0 Å². The number of hydrogen-bond acceptors (Lipinski definition) is 4. The van der Waals surface area contributed by atoms with Gasteiger partial charge in [0, 0.05) is 5.75 Å². The van der Waals surface area contributed by atoms with Crippen molar-refractivity contribution in [2.45, 2.75) is 5.75 Å². The first-order chi connectivity index (χ1) is 6.68. The zero-order chi connectivity index (χ0) is 10.4. The fourth-order valence-electron chi connectivity index (χ4n) is 0.859. The Kier molecular flexibility index (Phi) is 4.55. The molecule has 0 saturated heterocycles. The quantitative estimate of drug-likeness (QED) is 0.488. The zero-order valence-corrected chi connectivity index (χ0v) is 9.00. The number of benzene rings is 1. The molecular formula is C9H9NO2S2. The highest BCUT2D eigenvalue weighted by Gasteiger charge is 1.99. The lowest BCUT2D eigenvalue weighted by molar-refractivity contribution is -0.402. The van der Waals surface area contributed by atoms with Crippen LogP contribution in [0.3, 0.4) is 0 Å². The third-order valence-corrected chi connectivity index (χ3v) is 2.83. The normalized spacial score (nSPS) is 11.4. The number of thiol groups is 1. The first kappa shape index (κ1) is 11.1. The van der Waals surface area contributed by atoms with Gasteiger partial charge in [0.15, 0.2) is 0 Å². The summed E-state index contributed by atoms with van der Waals surface area (Å²) in [5, 5.41) is 10.1. The standard InChI is InChI=1S/C9H9NO2S2/c11-10(12)6-9(13)14-7-8-4-2-1-3-5-8/h1-6,13H,7H2. The largest absolute Gasteiger partial charge is 0.259 e. The van der Waals surface area contributed by atoms with E-state index in [4.69, 9.17) is 0 Å². The first-order valence-electron chi connectivity index (χ1n) is 3.89. The summed E-state index contributed by atoms with van der Waals surface area (Å²) in [5.74, 6) is 0.698. The molecule has 0 bridgehead atoms. The molecule has 3 nitrogen and oxygen atoms in total. The summed E-state index contributed by atoms with van der Waals surface area (Å²) in [6.07, 6.45) is 0.900. The predicted octanol–water partition coefficient (Wildman–Crippen LogP) is 2.93. The highest BCUT2D eigenvalue weighted by Crippen LogP contribution is 2.23. The summed E-state index contributed by atoms with van der Waals surface area (Å²) in [6, 6.07) is 9.75. The summed E-state index contributed by atoms with van der Waals surface area (Å²) in [5.41, 5.74) is 1.13. The van der Waals surface area contributed by atoms with Gasteiger partial charge in [-0.25, -0.2) is 0 Å². The molecule has 0 aliphatic heterocycles. The first-order valence-corrected chi connectivity index (χ1v) is 5.33.